The fraction of sp³-hybridized carbons (Fsp3) is 0.556. The average molecular weight is 330 g/mol. The average Bonchev–Trinajstić information content (AvgIpc) is 3.27. The van der Waals surface area contributed by atoms with Gasteiger partial charge in [-0.05, 0) is 31.9 Å². The molecule has 6 nitrogen and oxygen atoms in total. The normalized spacial score (nSPS) is 23.9. The Morgan fingerprint density at radius 2 is 1.88 bits per heavy atom. The van der Waals surface area contributed by atoms with Crippen molar-refractivity contribution < 1.29 is 19.1 Å². The molecule has 4 rings (SSSR count). The molecule has 2 aliphatic heterocycles. The maximum absolute atomic E-state index is 12.8. The molecule has 3 aliphatic rings. The second-order valence-electron chi connectivity index (χ2n) is 6.72. The highest BCUT2D eigenvalue weighted by molar-refractivity contribution is 6.00. The standard InChI is InChI=1S/C18H22N2O4/c1-12-17(21)20(14-6-7-15-16(10-14)24-11-23-15)9-8-19(12)18(22)13-4-2-3-5-13/h6-7,10,12-13H,2-5,8-9,11H2,1H3. The van der Waals surface area contributed by atoms with Gasteiger partial charge in [-0.2, -0.15) is 0 Å². The second-order valence-corrected chi connectivity index (χ2v) is 6.72. The van der Waals surface area contributed by atoms with Gasteiger partial charge in [0.25, 0.3) is 0 Å². The first-order valence-corrected chi connectivity index (χ1v) is 8.66. The number of fused-ring (bicyclic) bond motifs is 1. The van der Waals surface area contributed by atoms with Crippen molar-refractivity contribution in [3.8, 4) is 11.5 Å². The third kappa shape index (κ3) is 2.50. The Balaban J connectivity index is 1.50. The van der Waals surface area contributed by atoms with Crippen LogP contribution >= 0.6 is 0 Å². The minimum absolute atomic E-state index is 0.0357. The van der Waals surface area contributed by atoms with Gasteiger partial charge in [-0.15, -0.1) is 0 Å². The SMILES string of the molecule is CC1C(=O)N(c2ccc3c(c2)OCO3)CCN1C(=O)C1CCCC1. The van der Waals surface area contributed by atoms with Crippen LogP contribution in [0.15, 0.2) is 18.2 Å². The van der Waals surface area contributed by atoms with Crippen LogP contribution in [-0.4, -0.2) is 42.6 Å². The number of amides is 2. The van der Waals surface area contributed by atoms with Crippen molar-refractivity contribution in [2.75, 3.05) is 24.8 Å². The minimum atomic E-state index is -0.419. The molecule has 1 unspecified atom stereocenters. The van der Waals surface area contributed by atoms with E-state index in [0.29, 0.717) is 24.6 Å². The Morgan fingerprint density at radius 1 is 1.12 bits per heavy atom. The molecule has 0 radical (unpaired) electrons. The van der Waals surface area contributed by atoms with E-state index < -0.39 is 6.04 Å². The zero-order valence-electron chi connectivity index (χ0n) is 13.9. The molecule has 1 atom stereocenters. The zero-order valence-corrected chi connectivity index (χ0v) is 13.9. The highest BCUT2D eigenvalue weighted by Crippen LogP contribution is 2.36. The van der Waals surface area contributed by atoms with Gasteiger partial charge in [0.2, 0.25) is 18.6 Å². The van der Waals surface area contributed by atoms with Crippen LogP contribution in [0.3, 0.4) is 0 Å². The van der Waals surface area contributed by atoms with Gasteiger partial charge in [0.15, 0.2) is 11.5 Å². The Labute approximate surface area is 141 Å². The van der Waals surface area contributed by atoms with E-state index in [9.17, 15) is 9.59 Å². The van der Waals surface area contributed by atoms with Crippen LogP contribution < -0.4 is 14.4 Å². The molecule has 1 saturated heterocycles. The molecule has 2 fully saturated rings. The molecule has 0 N–H and O–H groups in total. The van der Waals surface area contributed by atoms with Gasteiger partial charge in [0.05, 0.1) is 0 Å². The highest BCUT2D eigenvalue weighted by atomic mass is 16.7. The van der Waals surface area contributed by atoms with Gasteiger partial charge in [0.1, 0.15) is 6.04 Å². The predicted molar refractivity (Wildman–Crippen MR) is 88.1 cm³/mol. The first-order chi connectivity index (χ1) is 11.6. The minimum Gasteiger partial charge on any atom is -0.454 e. The lowest BCUT2D eigenvalue weighted by molar-refractivity contribution is -0.143. The van der Waals surface area contributed by atoms with Crippen molar-refractivity contribution in [2.45, 2.75) is 38.6 Å². The maximum atomic E-state index is 12.8. The summed E-state index contributed by atoms with van der Waals surface area (Å²) in [6, 6.07) is 5.11. The van der Waals surface area contributed by atoms with Crippen molar-refractivity contribution in [3.63, 3.8) is 0 Å². The summed E-state index contributed by atoms with van der Waals surface area (Å²) in [5.74, 6) is 1.59. The molecule has 0 aromatic heterocycles. The number of carbonyl (C=O) groups excluding carboxylic acids is 2. The summed E-state index contributed by atoms with van der Waals surface area (Å²) in [4.78, 5) is 29.0. The van der Waals surface area contributed by atoms with Crippen molar-refractivity contribution >= 4 is 17.5 Å². The van der Waals surface area contributed by atoms with E-state index in [1.54, 1.807) is 9.80 Å². The number of carbonyl (C=O) groups is 2. The molecule has 24 heavy (non-hydrogen) atoms. The molecule has 2 amide bonds. The number of hydrogen-bond donors (Lipinski definition) is 0. The summed E-state index contributed by atoms with van der Waals surface area (Å²) in [5, 5.41) is 0. The molecule has 1 saturated carbocycles. The van der Waals surface area contributed by atoms with Gasteiger partial charge in [-0.25, -0.2) is 0 Å². The molecule has 0 bridgehead atoms. The second kappa shape index (κ2) is 6.00. The summed E-state index contributed by atoms with van der Waals surface area (Å²) < 4.78 is 10.7. The van der Waals surface area contributed by atoms with Crippen LogP contribution in [-0.2, 0) is 9.59 Å². The van der Waals surface area contributed by atoms with E-state index >= 15 is 0 Å². The summed E-state index contributed by atoms with van der Waals surface area (Å²) in [7, 11) is 0. The molecule has 128 valence electrons. The Bertz CT molecular complexity index is 669. The van der Waals surface area contributed by atoms with Crippen LogP contribution in [0.5, 0.6) is 11.5 Å². The van der Waals surface area contributed by atoms with Crippen molar-refractivity contribution in [1.82, 2.24) is 4.90 Å². The lowest BCUT2D eigenvalue weighted by Crippen LogP contribution is -2.58. The first-order valence-electron chi connectivity index (χ1n) is 8.66. The number of nitrogens with zero attached hydrogens (tertiary/aromatic N) is 2. The number of piperazine rings is 1. The molecular weight excluding hydrogens is 308 g/mol. The predicted octanol–water partition coefficient (Wildman–Crippen LogP) is 2.17. The summed E-state index contributed by atoms with van der Waals surface area (Å²) >= 11 is 0. The van der Waals surface area contributed by atoms with E-state index in [4.69, 9.17) is 9.47 Å². The number of hydrogen-bond acceptors (Lipinski definition) is 4. The van der Waals surface area contributed by atoms with Gasteiger partial charge in [-0.1, -0.05) is 12.8 Å². The molecule has 6 heteroatoms. The fourth-order valence-electron chi connectivity index (χ4n) is 3.89. The number of benzene rings is 1. The van der Waals surface area contributed by atoms with Crippen LogP contribution in [0.2, 0.25) is 0 Å². The number of ether oxygens (including phenoxy) is 2. The lowest BCUT2D eigenvalue weighted by Gasteiger charge is -2.40. The third-order valence-corrected chi connectivity index (χ3v) is 5.31. The topological polar surface area (TPSA) is 59.1 Å². The Kier molecular flexibility index (Phi) is 3.82. The van der Waals surface area contributed by atoms with Gasteiger partial charge in [-0.3, -0.25) is 9.59 Å². The van der Waals surface area contributed by atoms with Crippen molar-refractivity contribution in [1.29, 1.82) is 0 Å². The van der Waals surface area contributed by atoms with Crippen LogP contribution in [0.4, 0.5) is 5.69 Å². The summed E-state index contributed by atoms with van der Waals surface area (Å²) in [5.41, 5.74) is 0.795. The smallest absolute Gasteiger partial charge is 0.249 e. The van der Waals surface area contributed by atoms with E-state index in [0.717, 1.165) is 31.4 Å². The molecule has 2 heterocycles. The molecule has 1 aliphatic carbocycles. The Morgan fingerprint density at radius 3 is 2.67 bits per heavy atom. The maximum Gasteiger partial charge on any atom is 0.249 e. The van der Waals surface area contributed by atoms with Gasteiger partial charge < -0.3 is 19.3 Å². The fourth-order valence-corrected chi connectivity index (χ4v) is 3.89. The van der Waals surface area contributed by atoms with E-state index in [2.05, 4.69) is 0 Å². The van der Waals surface area contributed by atoms with Crippen molar-refractivity contribution in [2.24, 2.45) is 5.92 Å². The van der Waals surface area contributed by atoms with Gasteiger partial charge in [0, 0.05) is 30.8 Å². The molecule has 1 aromatic carbocycles. The van der Waals surface area contributed by atoms with E-state index in [1.807, 2.05) is 25.1 Å². The quantitative estimate of drug-likeness (QED) is 0.834. The number of anilines is 1. The van der Waals surface area contributed by atoms with Crippen LogP contribution in [0.25, 0.3) is 0 Å². The highest BCUT2D eigenvalue weighted by Gasteiger charge is 2.38. The Hall–Kier alpha value is -2.24. The monoisotopic (exact) mass is 330 g/mol. The zero-order chi connectivity index (χ0) is 16.7. The molecule has 1 aromatic rings. The largest absolute Gasteiger partial charge is 0.454 e. The van der Waals surface area contributed by atoms with Crippen molar-refractivity contribution in [3.05, 3.63) is 18.2 Å². The first kappa shape index (κ1) is 15.3. The molecular formula is C18H22N2O4. The van der Waals surface area contributed by atoms with Crippen LogP contribution in [0, 0.1) is 5.92 Å². The van der Waals surface area contributed by atoms with Crippen LogP contribution in [0.1, 0.15) is 32.6 Å². The third-order valence-electron chi connectivity index (χ3n) is 5.31. The van der Waals surface area contributed by atoms with E-state index in [-0.39, 0.29) is 24.5 Å². The number of rotatable bonds is 2. The summed E-state index contributed by atoms with van der Waals surface area (Å²) in [6.45, 7) is 3.14. The summed E-state index contributed by atoms with van der Waals surface area (Å²) in [6.07, 6.45) is 4.16. The lowest BCUT2D eigenvalue weighted by atomic mass is 10.0. The van der Waals surface area contributed by atoms with Gasteiger partial charge >= 0.3 is 0 Å². The van der Waals surface area contributed by atoms with E-state index in [1.165, 1.54) is 0 Å². The molecule has 0 spiro atoms.